The molecule has 14 heavy (non-hydrogen) atoms. The molecule has 2 atom stereocenters. The average Bonchev–Trinajstić information content (AvgIpc) is 2.04. The molecular weight excluding hydrogens is 244 g/mol. The van der Waals surface area contributed by atoms with Crippen LogP contribution in [0.25, 0.3) is 0 Å². The van der Waals surface area contributed by atoms with E-state index < -0.39 is 0 Å². The van der Waals surface area contributed by atoms with Crippen molar-refractivity contribution >= 4 is 15.9 Å². The van der Waals surface area contributed by atoms with Crippen molar-refractivity contribution in [3.63, 3.8) is 0 Å². The molecule has 0 amide bonds. The van der Waals surface area contributed by atoms with Crippen LogP contribution in [0.2, 0.25) is 0 Å². The van der Waals surface area contributed by atoms with Gasteiger partial charge in [0.25, 0.3) is 0 Å². The topological polar surface area (TPSA) is 18.5 Å². The fourth-order valence-electron chi connectivity index (χ4n) is 1.80. The molecule has 0 aromatic carbocycles. The highest BCUT2D eigenvalue weighted by Gasteiger charge is 2.25. The quantitative estimate of drug-likeness (QED) is 0.659. The standard InChI is InChI=1S/C11H23BrO2/c1-6-14-11(3,4)7-9(2)10(8-12)13-5/h9-10H,6-8H2,1-5H3/t9-,10-/m1/s1. The molecule has 0 aromatic rings. The van der Waals surface area contributed by atoms with Crippen LogP contribution in [0.1, 0.15) is 34.1 Å². The first-order valence-electron chi connectivity index (χ1n) is 5.19. The number of alkyl halides is 1. The summed E-state index contributed by atoms with van der Waals surface area (Å²) in [5.41, 5.74) is -0.0485. The maximum atomic E-state index is 5.67. The molecule has 0 unspecified atom stereocenters. The second kappa shape index (κ2) is 6.81. The summed E-state index contributed by atoms with van der Waals surface area (Å²) in [4.78, 5) is 0. The third-order valence-electron chi connectivity index (χ3n) is 2.44. The second-order valence-corrected chi connectivity index (χ2v) is 4.95. The molecule has 0 aliphatic rings. The third-order valence-corrected chi connectivity index (χ3v) is 3.08. The maximum Gasteiger partial charge on any atom is 0.0694 e. The van der Waals surface area contributed by atoms with Gasteiger partial charge in [-0.15, -0.1) is 0 Å². The molecule has 0 radical (unpaired) electrons. The maximum absolute atomic E-state index is 5.67. The first-order valence-corrected chi connectivity index (χ1v) is 6.31. The smallest absolute Gasteiger partial charge is 0.0694 e. The lowest BCUT2D eigenvalue weighted by Gasteiger charge is -2.31. The molecule has 0 aliphatic carbocycles. The van der Waals surface area contributed by atoms with Gasteiger partial charge in [0.15, 0.2) is 0 Å². The van der Waals surface area contributed by atoms with Crippen LogP contribution in [-0.2, 0) is 9.47 Å². The van der Waals surface area contributed by atoms with Gasteiger partial charge in [0.1, 0.15) is 0 Å². The lowest BCUT2D eigenvalue weighted by atomic mass is 9.91. The monoisotopic (exact) mass is 266 g/mol. The number of ether oxygens (including phenoxy) is 2. The van der Waals surface area contributed by atoms with Gasteiger partial charge in [-0.3, -0.25) is 0 Å². The van der Waals surface area contributed by atoms with E-state index >= 15 is 0 Å². The third kappa shape index (κ3) is 5.32. The fraction of sp³-hybridized carbons (Fsp3) is 1.00. The van der Waals surface area contributed by atoms with Crippen LogP contribution in [0.5, 0.6) is 0 Å². The Balaban J connectivity index is 4.07. The van der Waals surface area contributed by atoms with Gasteiger partial charge in [-0.05, 0) is 33.1 Å². The minimum absolute atomic E-state index is 0.0485. The van der Waals surface area contributed by atoms with E-state index in [-0.39, 0.29) is 11.7 Å². The highest BCUT2D eigenvalue weighted by atomic mass is 79.9. The normalized spacial score (nSPS) is 16.7. The zero-order valence-corrected chi connectivity index (χ0v) is 11.6. The van der Waals surface area contributed by atoms with Crippen LogP contribution in [-0.4, -0.2) is 30.8 Å². The molecule has 0 N–H and O–H groups in total. The molecule has 2 nitrogen and oxygen atoms in total. The van der Waals surface area contributed by atoms with Crippen LogP contribution < -0.4 is 0 Å². The first-order chi connectivity index (χ1) is 6.46. The number of halogens is 1. The average molecular weight is 267 g/mol. The Bertz CT molecular complexity index is 144. The molecule has 0 spiro atoms. The molecule has 0 aromatic heterocycles. The molecule has 0 heterocycles. The van der Waals surface area contributed by atoms with E-state index in [1.54, 1.807) is 7.11 Å². The fourth-order valence-corrected chi connectivity index (χ4v) is 2.71. The number of hydrogen-bond acceptors (Lipinski definition) is 2. The van der Waals surface area contributed by atoms with Crippen LogP contribution in [0, 0.1) is 5.92 Å². The van der Waals surface area contributed by atoms with Gasteiger partial charge in [0.2, 0.25) is 0 Å². The van der Waals surface area contributed by atoms with Gasteiger partial charge in [-0.25, -0.2) is 0 Å². The van der Waals surface area contributed by atoms with E-state index in [0.29, 0.717) is 5.92 Å². The van der Waals surface area contributed by atoms with Gasteiger partial charge < -0.3 is 9.47 Å². The highest BCUT2D eigenvalue weighted by molar-refractivity contribution is 9.09. The van der Waals surface area contributed by atoms with Gasteiger partial charge in [-0.1, -0.05) is 22.9 Å². The number of hydrogen-bond donors (Lipinski definition) is 0. The summed E-state index contributed by atoms with van der Waals surface area (Å²) in [6.07, 6.45) is 1.29. The van der Waals surface area contributed by atoms with Crippen molar-refractivity contribution in [2.75, 3.05) is 19.0 Å². The van der Waals surface area contributed by atoms with Crippen molar-refractivity contribution in [1.29, 1.82) is 0 Å². The molecule has 0 aliphatic heterocycles. The Labute approximate surface area is 96.5 Å². The van der Waals surface area contributed by atoms with Gasteiger partial charge in [0.05, 0.1) is 11.7 Å². The number of rotatable bonds is 7. The minimum atomic E-state index is -0.0485. The van der Waals surface area contributed by atoms with E-state index in [1.807, 2.05) is 6.92 Å². The van der Waals surface area contributed by atoms with Crippen molar-refractivity contribution in [3.8, 4) is 0 Å². The van der Waals surface area contributed by atoms with Crippen molar-refractivity contribution < 1.29 is 9.47 Å². The van der Waals surface area contributed by atoms with Gasteiger partial charge in [0, 0.05) is 19.0 Å². The molecule has 0 saturated heterocycles. The first kappa shape index (κ1) is 14.4. The Hall–Kier alpha value is 0.400. The Kier molecular flexibility index (Phi) is 7.00. The second-order valence-electron chi connectivity index (χ2n) is 4.30. The lowest BCUT2D eigenvalue weighted by molar-refractivity contribution is -0.0430. The predicted octanol–water partition coefficient (Wildman–Crippen LogP) is 3.24. The van der Waals surface area contributed by atoms with E-state index in [0.717, 1.165) is 18.4 Å². The van der Waals surface area contributed by atoms with Gasteiger partial charge >= 0.3 is 0 Å². The minimum Gasteiger partial charge on any atom is -0.380 e. The summed E-state index contributed by atoms with van der Waals surface area (Å²) in [5.74, 6) is 0.501. The summed E-state index contributed by atoms with van der Waals surface area (Å²) >= 11 is 3.46. The Morgan fingerprint density at radius 3 is 2.29 bits per heavy atom. The predicted molar refractivity (Wildman–Crippen MR) is 64.1 cm³/mol. The lowest BCUT2D eigenvalue weighted by Crippen LogP contribution is -2.33. The molecule has 86 valence electrons. The Morgan fingerprint density at radius 2 is 1.93 bits per heavy atom. The molecule has 0 bridgehead atoms. The van der Waals surface area contributed by atoms with Crippen molar-refractivity contribution in [2.45, 2.75) is 45.8 Å². The zero-order valence-electron chi connectivity index (χ0n) is 9.97. The summed E-state index contributed by atoms with van der Waals surface area (Å²) < 4.78 is 11.1. The summed E-state index contributed by atoms with van der Waals surface area (Å²) in [7, 11) is 1.76. The SMILES string of the molecule is CCOC(C)(C)C[C@@H](C)[C@@H](CBr)OC. The van der Waals surface area contributed by atoms with Crippen molar-refractivity contribution in [1.82, 2.24) is 0 Å². The molecular formula is C11H23BrO2. The van der Waals surface area contributed by atoms with Crippen LogP contribution in [0.15, 0.2) is 0 Å². The molecule has 3 heteroatoms. The molecule has 0 saturated carbocycles. The van der Waals surface area contributed by atoms with Crippen LogP contribution in [0.4, 0.5) is 0 Å². The zero-order chi connectivity index (χ0) is 11.2. The Morgan fingerprint density at radius 1 is 1.36 bits per heavy atom. The summed E-state index contributed by atoms with van der Waals surface area (Å²) in [6, 6.07) is 0. The van der Waals surface area contributed by atoms with Gasteiger partial charge in [-0.2, -0.15) is 0 Å². The van der Waals surface area contributed by atoms with Crippen LogP contribution >= 0.6 is 15.9 Å². The van der Waals surface area contributed by atoms with E-state index in [2.05, 4.69) is 36.7 Å². The molecule has 0 fully saturated rings. The van der Waals surface area contributed by atoms with Crippen LogP contribution in [0.3, 0.4) is 0 Å². The molecule has 0 rings (SSSR count). The van der Waals surface area contributed by atoms with E-state index in [9.17, 15) is 0 Å². The van der Waals surface area contributed by atoms with Crippen molar-refractivity contribution in [3.05, 3.63) is 0 Å². The van der Waals surface area contributed by atoms with Crippen molar-refractivity contribution in [2.24, 2.45) is 5.92 Å². The number of methoxy groups -OCH3 is 1. The summed E-state index contributed by atoms with van der Waals surface area (Å²) in [6.45, 7) is 9.27. The van der Waals surface area contributed by atoms with E-state index in [4.69, 9.17) is 9.47 Å². The van der Waals surface area contributed by atoms with E-state index in [1.165, 1.54) is 0 Å². The largest absolute Gasteiger partial charge is 0.380 e. The highest BCUT2D eigenvalue weighted by Crippen LogP contribution is 2.24. The summed E-state index contributed by atoms with van der Waals surface area (Å²) in [5, 5.41) is 0.882.